The van der Waals surface area contributed by atoms with Crippen molar-refractivity contribution in [2.75, 3.05) is 14.2 Å². The Hall–Kier alpha value is -1.88. The summed E-state index contributed by atoms with van der Waals surface area (Å²) in [6.07, 6.45) is 1.79. The van der Waals surface area contributed by atoms with Gasteiger partial charge in [0.1, 0.15) is 5.75 Å². The molecule has 1 N–H and O–H groups in total. The molecule has 1 fully saturated rings. The fourth-order valence-corrected chi connectivity index (χ4v) is 2.69. The number of nitrogens with one attached hydrogen (secondary N) is 1. The highest BCUT2D eigenvalue weighted by Crippen LogP contribution is 2.28. The van der Waals surface area contributed by atoms with Crippen molar-refractivity contribution in [3.05, 3.63) is 29.8 Å². The van der Waals surface area contributed by atoms with E-state index in [0.717, 1.165) is 17.7 Å². The zero-order chi connectivity index (χ0) is 15.4. The molecule has 0 aromatic heterocycles. The summed E-state index contributed by atoms with van der Waals surface area (Å²) in [7, 11) is 3.19. The van der Waals surface area contributed by atoms with Gasteiger partial charge in [0.15, 0.2) is 0 Å². The Morgan fingerprint density at radius 1 is 1.38 bits per heavy atom. The van der Waals surface area contributed by atoms with Gasteiger partial charge in [-0.3, -0.25) is 19.8 Å². The third kappa shape index (κ3) is 3.24. The van der Waals surface area contributed by atoms with Crippen molar-refractivity contribution in [1.82, 2.24) is 10.2 Å². The van der Waals surface area contributed by atoms with Crippen LogP contribution in [0.2, 0.25) is 0 Å². The van der Waals surface area contributed by atoms with Crippen LogP contribution >= 0.6 is 0 Å². The standard InChI is InChI=1S/C16H22N2O3/c1-4-12(11-7-5-6-8-14(11)21-3)17-13-9-10-15(19)18(2)16(13)20/h5-8,12-13,17H,4,9-10H2,1-3H3. The summed E-state index contributed by atoms with van der Waals surface area (Å²) in [4.78, 5) is 24.9. The number of ether oxygens (including phenoxy) is 1. The van der Waals surface area contributed by atoms with Crippen LogP contribution in [-0.2, 0) is 9.59 Å². The van der Waals surface area contributed by atoms with Crippen LogP contribution < -0.4 is 10.1 Å². The van der Waals surface area contributed by atoms with Crippen molar-refractivity contribution in [2.24, 2.45) is 0 Å². The zero-order valence-electron chi connectivity index (χ0n) is 12.8. The van der Waals surface area contributed by atoms with Crippen molar-refractivity contribution in [3.8, 4) is 5.75 Å². The molecule has 5 heteroatoms. The number of likely N-dealkylation sites (N-methyl/N-ethyl adjacent to an activating group) is 1. The molecule has 2 atom stereocenters. The minimum absolute atomic E-state index is 0.0247. The summed E-state index contributed by atoms with van der Waals surface area (Å²) in [5.74, 6) is 0.549. The predicted molar refractivity (Wildman–Crippen MR) is 80.0 cm³/mol. The van der Waals surface area contributed by atoms with Crippen molar-refractivity contribution in [2.45, 2.75) is 38.3 Å². The Balaban J connectivity index is 2.16. The first-order valence-corrected chi connectivity index (χ1v) is 7.27. The third-order valence-electron chi connectivity index (χ3n) is 3.97. The van der Waals surface area contributed by atoms with E-state index in [1.54, 1.807) is 14.2 Å². The van der Waals surface area contributed by atoms with E-state index >= 15 is 0 Å². The number of imide groups is 1. The molecule has 5 nitrogen and oxygen atoms in total. The molecular formula is C16H22N2O3. The van der Waals surface area contributed by atoms with Gasteiger partial charge in [-0.25, -0.2) is 0 Å². The maximum absolute atomic E-state index is 12.2. The molecule has 0 aliphatic carbocycles. The minimum atomic E-state index is -0.317. The monoisotopic (exact) mass is 290 g/mol. The Bertz CT molecular complexity index is 530. The van der Waals surface area contributed by atoms with Crippen LogP contribution in [0, 0.1) is 0 Å². The number of piperidine rings is 1. The lowest BCUT2D eigenvalue weighted by molar-refractivity contribution is -0.148. The van der Waals surface area contributed by atoms with Crippen molar-refractivity contribution in [1.29, 1.82) is 0 Å². The Morgan fingerprint density at radius 3 is 2.76 bits per heavy atom. The lowest BCUT2D eigenvalue weighted by atomic mass is 9.98. The van der Waals surface area contributed by atoms with Gasteiger partial charge in [-0.1, -0.05) is 25.1 Å². The molecule has 1 heterocycles. The average Bonchev–Trinajstić information content (AvgIpc) is 2.52. The fourth-order valence-electron chi connectivity index (χ4n) is 2.69. The quantitative estimate of drug-likeness (QED) is 0.841. The number of hydrogen-bond donors (Lipinski definition) is 1. The molecular weight excluding hydrogens is 268 g/mol. The van der Waals surface area contributed by atoms with Crippen molar-refractivity contribution < 1.29 is 14.3 Å². The molecule has 2 rings (SSSR count). The highest BCUT2D eigenvalue weighted by atomic mass is 16.5. The van der Waals surface area contributed by atoms with E-state index in [-0.39, 0.29) is 23.9 Å². The van der Waals surface area contributed by atoms with E-state index in [9.17, 15) is 9.59 Å². The number of rotatable bonds is 5. The van der Waals surface area contributed by atoms with Crippen LogP contribution in [0.1, 0.15) is 37.8 Å². The molecule has 0 bridgehead atoms. The van der Waals surface area contributed by atoms with Crippen molar-refractivity contribution in [3.63, 3.8) is 0 Å². The van der Waals surface area contributed by atoms with E-state index in [1.807, 2.05) is 24.3 Å². The molecule has 1 aromatic carbocycles. The molecule has 21 heavy (non-hydrogen) atoms. The smallest absolute Gasteiger partial charge is 0.246 e. The van der Waals surface area contributed by atoms with Gasteiger partial charge in [0.25, 0.3) is 0 Å². The second-order valence-electron chi connectivity index (χ2n) is 5.25. The van der Waals surface area contributed by atoms with Crippen LogP contribution in [0.15, 0.2) is 24.3 Å². The van der Waals surface area contributed by atoms with E-state index in [1.165, 1.54) is 4.90 Å². The van der Waals surface area contributed by atoms with Gasteiger partial charge in [0, 0.05) is 25.1 Å². The normalized spacial score (nSPS) is 20.5. The van der Waals surface area contributed by atoms with Gasteiger partial charge < -0.3 is 4.74 Å². The number of methoxy groups -OCH3 is 1. The van der Waals surface area contributed by atoms with Crippen LogP contribution in [0.25, 0.3) is 0 Å². The zero-order valence-corrected chi connectivity index (χ0v) is 12.8. The summed E-state index contributed by atoms with van der Waals surface area (Å²) < 4.78 is 5.39. The Morgan fingerprint density at radius 2 is 2.10 bits per heavy atom. The van der Waals surface area contributed by atoms with E-state index in [2.05, 4.69) is 12.2 Å². The summed E-state index contributed by atoms with van der Waals surface area (Å²) in [5.41, 5.74) is 1.04. The molecule has 0 saturated carbocycles. The number of carbonyl (C=O) groups excluding carboxylic acids is 2. The van der Waals surface area contributed by atoms with Gasteiger partial charge >= 0.3 is 0 Å². The van der Waals surface area contributed by atoms with Crippen LogP contribution in [0.5, 0.6) is 5.75 Å². The van der Waals surface area contributed by atoms with Gasteiger partial charge in [-0.05, 0) is 18.9 Å². The second-order valence-corrected chi connectivity index (χ2v) is 5.25. The molecule has 1 saturated heterocycles. The number of likely N-dealkylation sites (tertiary alicyclic amines) is 1. The topological polar surface area (TPSA) is 58.6 Å². The van der Waals surface area contributed by atoms with Gasteiger partial charge in [-0.15, -0.1) is 0 Å². The largest absolute Gasteiger partial charge is 0.496 e. The maximum Gasteiger partial charge on any atom is 0.246 e. The number of para-hydroxylation sites is 1. The third-order valence-corrected chi connectivity index (χ3v) is 3.97. The minimum Gasteiger partial charge on any atom is -0.496 e. The highest BCUT2D eigenvalue weighted by Gasteiger charge is 2.33. The van der Waals surface area contributed by atoms with Gasteiger partial charge in [0.05, 0.1) is 13.2 Å². The summed E-state index contributed by atoms with van der Waals surface area (Å²) in [6.45, 7) is 2.06. The van der Waals surface area contributed by atoms with Gasteiger partial charge in [-0.2, -0.15) is 0 Å². The summed E-state index contributed by atoms with van der Waals surface area (Å²) in [5, 5.41) is 3.37. The molecule has 0 spiro atoms. The number of amides is 2. The van der Waals surface area contributed by atoms with Crippen LogP contribution in [-0.4, -0.2) is 36.9 Å². The first kappa shape index (κ1) is 15.5. The first-order valence-electron chi connectivity index (χ1n) is 7.27. The van der Waals surface area contributed by atoms with Crippen LogP contribution in [0.3, 0.4) is 0 Å². The lowest BCUT2D eigenvalue weighted by Crippen LogP contribution is -2.52. The fraction of sp³-hybridized carbons (Fsp3) is 0.500. The highest BCUT2D eigenvalue weighted by molar-refractivity contribution is 6.00. The van der Waals surface area contributed by atoms with Crippen LogP contribution in [0.4, 0.5) is 0 Å². The van der Waals surface area contributed by atoms with Crippen molar-refractivity contribution >= 4 is 11.8 Å². The number of carbonyl (C=O) groups is 2. The first-order chi connectivity index (χ1) is 10.1. The molecule has 1 aliphatic heterocycles. The number of benzene rings is 1. The second kappa shape index (κ2) is 6.72. The Labute approximate surface area is 125 Å². The van der Waals surface area contributed by atoms with E-state index in [0.29, 0.717) is 12.8 Å². The SMILES string of the molecule is CCC(NC1CCC(=O)N(C)C1=O)c1ccccc1OC. The molecule has 1 aliphatic rings. The Kier molecular flexibility index (Phi) is 4.96. The maximum atomic E-state index is 12.2. The average molecular weight is 290 g/mol. The van der Waals surface area contributed by atoms with Gasteiger partial charge in [0.2, 0.25) is 11.8 Å². The summed E-state index contributed by atoms with van der Waals surface area (Å²) in [6, 6.07) is 7.51. The van der Waals surface area contributed by atoms with E-state index < -0.39 is 0 Å². The lowest BCUT2D eigenvalue weighted by Gasteiger charge is -2.31. The predicted octanol–water partition coefficient (Wildman–Crippen LogP) is 1.88. The number of hydrogen-bond acceptors (Lipinski definition) is 4. The van der Waals surface area contributed by atoms with E-state index in [4.69, 9.17) is 4.74 Å². The number of nitrogens with zero attached hydrogens (tertiary/aromatic N) is 1. The molecule has 1 aromatic rings. The summed E-state index contributed by atoms with van der Waals surface area (Å²) >= 11 is 0. The molecule has 2 unspecified atom stereocenters. The molecule has 0 radical (unpaired) electrons. The molecule has 114 valence electrons. The molecule has 2 amide bonds.